The molecule has 6 nitrogen and oxygen atoms in total. The van der Waals surface area contributed by atoms with E-state index in [0.29, 0.717) is 17.1 Å². The molecule has 0 spiro atoms. The van der Waals surface area contributed by atoms with E-state index in [1.807, 2.05) is 37.3 Å². The van der Waals surface area contributed by atoms with Gasteiger partial charge in [0.05, 0.1) is 11.3 Å². The lowest BCUT2D eigenvalue weighted by atomic mass is 9.95. The van der Waals surface area contributed by atoms with Crippen molar-refractivity contribution in [2.45, 2.75) is 56.6 Å². The number of hydrogen-bond acceptors (Lipinski definition) is 5. The Morgan fingerprint density at radius 1 is 1.26 bits per heavy atom. The monoisotopic (exact) mass is 387 g/mol. The van der Waals surface area contributed by atoms with Crippen molar-refractivity contribution in [1.82, 2.24) is 9.55 Å². The van der Waals surface area contributed by atoms with Crippen LogP contribution in [0.4, 0.5) is 5.69 Å². The number of anilines is 1. The van der Waals surface area contributed by atoms with Gasteiger partial charge in [0.1, 0.15) is 0 Å². The van der Waals surface area contributed by atoms with Gasteiger partial charge in [-0.1, -0.05) is 56.1 Å². The third-order valence-corrected chi connectivity index (χ3v) is 5.79. The van der Waals surface area contributed by atoms with Gasteiger partial charge in [-0.2, -0.15) is 4.98 Å². The molecule has 1 aromatic heterocycles. The quantitative estimate of drug-likeness (QED) is 0.583. The molecule has 0 unspecified atom stereocenters. The minimum atomic E-state index is -0.222. The molecule has 0 radical (unpaired) electrons. The van der Waals surface area contributed by atoms with Crippen LogP contribution in [0, 0.1) is 0 Å². The third kappa shape index (κ3) is 4.71. The number of amides is 1. The smallest absolute Gasteiger partial charge is 0.261 e. The van der Waals surface area contributed by atoms with E-state index in [9.17, 15) is 14.7 Å². The zero-order chi connectivity index (χ0) is 19.2. The molecule has 7 heteroatoms. The SMILES string of the molecule is CCc1c(O)nc(SCC(=O)Nc2ccccc2)n(C2CCCCC2)c1=O. The number of benzene rings is 1. The van der Waals surface area contributed by atoms with Gasteiger partial charge in [0, 0.05) is 11.7 Å². The normalized spacial score (nSPS) is 14.9. The summed E-state index contributed by atoms with van der Waals surface area (Å²) in [5, 5.41) is 13.4. The van der Waals surface area contributed by atoms with E-state index in [1.165, 1.54) is 18.2 Å². The number of nitrogens with zero attached hydrogens (tertiary/aromatic N) is 2. The maximum atomic E-state index is 12.9. The highest BCUT2D eigenvalue weighted by Crippen LogP contribution is 2.31. The molecule has 1 aromatic carbocycles. The Balaban J connectivity index is 1.81. The highest BCUT2D eigenvalue weighted by molar-refractivity contribution is 7.99. The molecule has 3 rings (SSSR count). The highest BCUT2D eigenvalue weighted by atomic mass is 32.2. The van der Waals surface area contributed by atoms with E-state index in [-0.39, 0.29) is 29.1 Å². The van der Waals surface area contributed by atoms with Gasteiger partial charge in [-0.15, -0.1) is 0 Å². The van der Waals surface area contributed by atoms with Crippen molar-refractivity contribution in [3.8, 4) is 5.88 Å². The molecule has 2 N–H and O–H groups in total. The number of aromatic nitrogens is 2. The fourth-order valence-corrected chi connectivity index (χ4v) is 4.32. The molecule has 0 atom stereocenters. The molecule has 1 heterocycles. The molecule has 1 saturated carbocycles. The van der Waals surface area contributed by atoms with Crippen LogP contribution in [-0.4, -0.2) is 26.3 Å². The Kier molecular flexibility index (Phi) is 6.55. The van der Waals surface area contributed by atoms with E-state index in [1.54, 1.807) is 4.57 Å². The van der Waals surface area contributed by atoms with Gasteiger partial charge >= 0.3 is 0 Å². The third-order valence-electron chi connectivity index (χ3n) is 4.84. The van der Waals surface area contributed by atoms with Gasteiger partial charge in [-0.05, 0) is 31.4 Å². The Morgan fingerprint density at radius 3 is 2.63 bits per heavy atom. The molecule has 1 amide bonds. The summed E-state index contributed by atoms with van der Waals surface area (Å²) >= 11 is 1.20. The van der Waals surface area contributed by atoms with Gasteiger partial charge < -0.3 is 10.4 Å². The molecule has 27 heavy (non-hydrogen) atoms. The average Bonchev–Trinajstić information content (AvgIpc) is 2.68. The Labute approximate surface area is 163 Å². The van der Waals surface area contributed by atoms with Crippen LogP contribution < -0.4 is 10.9 Å². The van der Waals surface area contributed by atoms with Gasteiger partial charge in [0.2, 0.25) is 11.8 Å². The van der Waals surface area contributed by atoms with Crippen LogP contribution in [-0.2, 0) is 11.2 Å². The van der Waals surface area contributed by atoms with Crippen LogP contribution in [0.1, 0.15) is 50.6 Å². The number of carbonyl (C=O) groups excluding carboxylic acids is 1. The van der Waals surface area contributed by atoms with Gasteiger partial charge in [0.25, 0.3) is 5.56 Å². The number of hydrogen-bond donors (Lipinski definition) is 2. The molecule has 0 saturated heterocycles. The Hall–Kier alpha value is -2.28. The summed E-state index contributed by atoms with van der Waals surface area (Å²) in [6, 6.07) is 9.32. The predicted molar refractivity (Wildman–Crippen MR) is 107 cm³/mol. The lowest BCUT2D eigenvalue weighted by molar-refractivity contribution is -0.113. The Morgan fingerprint density at radius 2 is 1.96 bits per heavy atom. The largest absolute Gasteiger partial charge is 0.493 e. The van der Waals surface area contributed by atoms with Gasteiger partial charge in [-0.3, -0.25) is 14.2 Å². The number of carbonyl (C=O) groups is 1. The second-order valence-electron chi connectivity index (χ2n) is 6.72. The van der Waals surface area contributed by atoms with Crippen molar-refractivity contribution in [3.05, 3.63) is 46.2 Å². The topological polar surface area (TPSA) is 84.2 Å². The summed E-state index contributed by atoms with van der Waals surface area (Å²) in [6.45, 7) is 1.84. The van der Waals surface area contributed by atoms with Crippen LogP contribution in [0.25, 0.3) is 0 Å². The summed E-state index contributed by atoms with van der Waals surface area (Å²) < 4.78 is 1.71. The fourth-order valence-electron chi connectivity index (χ4n) is 3.46. The Bertz CT molecular complexity index is 846. The molecule has 0 bridgehead atoms. The van der Waals surface area contributed by atoms with Crippen molar-refractivity contribution < 1.29 is 9.90 Å². The molecule has 1 aliphatic carbocycles. The average molecular weight is 388 g/mol. The summed E-state index contributed by atoms with van der Waals surface area (Å²) in [4.78, 5) is 29.4. The molecular weight excluding hydrogens is 362 g/mol. The number of rotatable bonds is 6. The summed E-state index contributed by atoms with van der Waals surface area (Å²) in [5.41, 5.74) is 0.895. The maximum Gasteiger partial charge on any atom is 0.261 e. The predicted octanol–water partition coefficient (Wildman–Crippen LogP) is 3.75. The van der Waals surface area contributed by atoms with Crippen molar-refractivity contribution >= 4 is 23.4 Å². The van der Waals surface area contributed by atoms with Crippen LogP contribution >= 0.6 is 11.8 Å². The van der Waals surface area contributed by atoms with Crippen LogP contribution in [0.3, 0.4) is 0 Å². The lowest BCUT2D eigenvalue weighted by Gasteiger charge is -2.26. The molecule has 2 aromatic rings. The lowest BCUT2D eigenvalue weighted by Crippen LogP contribution is -2.31. The molecular formula is C20H25N3O3S. The van der Waals surface area contributed by atoms with E-state index in [2.05, 4.69) is 10.3 Å². The van der Waals surface area contributed by atoms with E-state index >= 15 is 0 Å². The first-order chi connectivity index (χ1) is 13.1. The summed E-state index contributed by atoms with van der Waals surface area (Å²) in [7, 11) is 0. The zero-order valence-corrected chi connectivity index (χ0v) is 16.3. The van der Waals surface area contributed by atoms with Crippen LogP contribution in [0.2, 0.25) is 0 Å². The maximum absolute atomic E-state index is 12.9. The first-order valence-electron chi connectivity index (χ1n) is 9.42. The number of aromatic hydroxyl groups is 1. The van der Waals surface area contributed by atoms with Crippen molar-refractivity contribution in [1.29, 1.82) is 0 Å². The molecule has 144 valence electrons. The minimum absolute atomic E-state index is 0.0873. The highest BCUT2D eigenvalue weighted by Gasteiger charge is 2.24. The first-order valence-corrected chi connectivity index (χ1v) is 10.4. The number of para-hydroxylation sites is 1. The number of thioether (sulfide) groups is 1. The van der Waals surface area contributed by atoms with E-state index in [4.69, 9.17) is 0 Å². The first kappa shape index (κ1) is 19.5. The van der Waals surface area contributed by atoms with Crippen molar-refractivity contribution in [2.75, 3.05) is 11.1 Å². The van der Waals surface area contributed by atoms with Crippen LogP contribution in [0.5, 0.6) is 5.88 Å². The molecule has 1 fully saturated rings. The standard InChI is InChI=1S/C20H25N3O3S/c1-2-16-18(25)22-20(23(19(16)26)15-11-7-4-8-12-15)27-13-17(24)21-14-9-5-3-6-10-14/h3,5-6,9-10,15,25H,2,4,7-8,11-13H2,1H3,(H,21,24). The van der Waals surface area contributed by atoms with E-state index < -0.39 is 0 Å². The van der Waals surface area contributed by atoms with Crippen molar-refractivity contribution in [3.63, 3.8) is 0 Å². The van der Waals surface area contributed by atoms with Gasteiger partial charge in [-0.25, -0.2) is 0 Å². The second-order valence-corrected chi connectivity index (χ2v) is 7.66. The molecule has 1 aliphatic rings. The fraction of sp³-hybridized carbons (Fsp3) is 0.450. The summed E-state index contributed by atoms with van der Waals surface area (Å²) in [5.74, 6) is -0.269. The number of nitrogens with one attached hydrogen (secondary N) is 1. The molecule has 0 aliphatic heterocycles. The van der Waals surface area contributed by atoms with Gasteiger partial charge in [0.15, 0.2) is 5.16 Å². The second kappa shape index (κ2) is 9.08. The summed E-state index contributed by atoms with van der Waals surface area (Å²) in [6.07, 6.45) is 5.64. The van der Waals surface area contributed by atoms with Crippen molar-refractivity contribution in [2.24, 2.45) is 0 Å². The minimum Gasteiger partial charge on any atom is -0.493 e. The zero-order valence-electron chi connectivity index (χ0n) is 15.5. The van der Waals surface area contributed by atoms with E-state index in [0.717, 1.165) is 31.4 Å². The van der Waals surface area contributed by atoms with Crippen LogP contribution in [0.15, 0.2) is 40.3 Å².